The van der Waals surface area contributed by atoms with E-state index < -0.39 is 0 Å². The Hall–Kier alpha value is -1.36. The van der Waals surface area contributed by atoms with Crippen LogP contribution in [0.3, 0.4) is 0 Å². The lowest BCUT2D eigenvalue weighted by Crippen LogP contribution is -2.45. The van der Waals surface area contributed by atoms with E-state index in [0.717, 1.165) is 23.9 Å². The second-order valence-electron chi connectivity index (χ2n) is 6.79. The zero-order valence-corrected chi connectivity index (χ0v) is 13.0. The van der Waals surface area contributed by atoms with Crippen molar-refractivity contribution < 1.29 is 4.79 Å². The zero-order valence-electron chi connectivity index (χ0n) is 13.0. The summed E-state index contributed by atoms with van der Waals surface area (Å²) in [4.78, 5) is 12.1. The van der Waals surface area contributed by atoms with Gasteiger partial charge in [-0.25, -0.2) is 0 Å². The van der Waals surface area contributed by atoms with Crippen LogP contribution in [-0.2, 0) is 11.3 Å². The molecule has 5 heteroatoms. The van der Waals surface area contributed by atoms with Crippen molar-refractivity contribution >= 4 is 5.91 Å². The minimum Gasteiger partial charge on any atom is -0.352 e. The van der Waals surface area contributed by atoms with E-state index in [1.54, 1.807) is 0 Å². The summed E-state index contributed by atoms with van der Waals surface area (Å²) < 4.78 is 1.92. The van der Waals surface area contributed by atoms with Crippen molar-refractivity contribution in [1.82, 2.24) is 20.4 Å². The van der Waals surface area contributed by atoms with Gasteiger partial charge in [-0.15, -0.1) is 0 Å². The number of carbonyl (C=O) groups excluding carboxylic acids is 1. The molecule has 0 saturated heterocycles. The van der Waals surface area contributed by atoms with Gasteiger partial charge in [-0.3, -0.25) is 9.48 Å². The first-order chi connectivity index (χ1) is 10.1. The van der Waals surface area contributed by atoms with E-state index in [0.29, 0.717) is 12.6 Å². The minimum atomic E-state index is 0.141. The zero-order chi connectivity index (χ0) is 14.8. The third kappa shape index (κ3) is 4.30. The number of amides is 1. The van der Waals surface area contributed by atoms with Gasteiger partial charge in [0.25, 0.3) is 0 Å². The van der Waals surface area contributed by atoms with Crippen molar-refractivity contribution in [3.8, 4) is 0 Å². The normalized spacial score (nSPS) is 19.8. The lowest BCUT2D eigenvalue weighted by molar-refractivity contribution is -0.121. The number of nitrogens with one attached hydrogen (secondary N) is 2. The standard InChI is InChI=1S/C16H26N4O/c1-11-7-18-20(9-11)10-12(2)17-8-15(21)19-16(13-3-4-13)14-5-6-14/h7,9,12-14,16-17H,3-6,8,10H2,1-2H3,(H,19,21)/t12-/m1/s1. The van der Waals surface area contributed by atoms with Gasteiger partial charge in [0.15, 0.2) is 0 Å². The maximum absolute atomic E-state index is 12.1. The van der Waals surface area contributed by atoms with Crippen molar-refractivity contribution in [2.75, 3.05) is 6.54 Å². The van der Waals surface area contributed by atoms with Gasteiger partial charge in [-0.2, -0.15) is 5.10 Å². The highest BCUT2D eigenvalue weighted by molar-refractivity contribution is 5.78. The van der Waals surface area contributed by atoms with Crippen LogP contribution in [0.2, 0.25) is 0 Å². The van der Waals surface area contributed by atoms with Gasteiger partial charge >= 0.3 is 0 Å². The number of carbonyl (C=O) groups is 1. The summed E-state index contributed by atoms with van der Waals surface area (Å²) >= 11 is 0. The first-order valence-electron chi connectivity index (χ1n) is 8.13. The summed E-state index contributed by atoms with van der Waals surface area (Å²) in [5.74, 6) is 1.65. The summed E-state index contributed by atoms with van der Waals surface area (Å²) in [6.45, 7) is 5.31. The molecule has 116 valence electrons. The second-order valence-corrected chi connectivity index (χ2v) is 6.79. The van der Waals surface area contributed by atoms with E-state index in [2.05, 4.69) is 22.7 Å². The molecule has 2 aliphatic rings. The molecule has 1 aromatic heterocycles. The topological polar surface area (TPSA) is 59.0 Å². The SMILES string of the molecule is Cc1cnn(C[C@@H](C)NCC(=O)NC(C2CC2)C2CC2)c1. The molecular formula is C16H26N4O. The lowest BCUT2D eigenvalue weighted by Gasteiger charge is -2.19. The van der Waals surface area contributed by atoms with Crippen LogP contribution in [-0.4, -0.2) is 34.3 Å². The number of aromatic nitrogens is 2. The molecule has 0 aromatic carbocycles. The predicted molar refractivity (Wildman–Crippen MR) is 81.8 cm³/mol. The Morgan fingerprint density at radius 3 is 2.57 bits per heavy atom. The molecule has 21 heavy (non-hydrogen) atoms. The van der Waals surface area contributed by atoms with Crippen molar-refractivity contribution in [1.29, 1.82) is 0 Å². The number of rotatable bonds is 8. The second kappa shape index (κ2) is 6.18. The highest BCUT2D eigenvalue weighted by Gasteiger charge is 2.42. The largest absolute Gasteiger partial charge is 0.352 e. The first-order valence-corrected chi connectivity index (χ1v) is 8.13. The fourth-order valence-electron chi connectivity index (χ4n) is 2.95. The first kappa shape index (κ1) is 14.6. The summed E-state index contributed by atoms with van der Waals surface area (Å²) in [5.41, 5.74) is 1.16. The maximum atomic E-state index is 12.1. The fraction of sp³-hybridized carbons (Fsp3) is 0.750. The van der Waals surface area contributed by atoms with Crippen LogP contribution in [0.15, 0.2) is 12.4 Å². The molecule has 5 nitrogen and oxygen atoms in total. The van der Waals surface area contributed by atoms with Gasteiger partial charge in [0.2, 0.25) is 5.91 Å². The Morgan fingerprint density at radius 2 is 2.05 bits per heavy atom. The summed E-state index contributed by atoms with van der Waals surface area (Å²) in [6.07, 6.45) is 9.06. The number of nitrogens with zero attached hydrogens (tertiary/aromatic N) is 2. The van der Waals surface area contributed by atoms with Crippen LogP contribution in [0, 0.1) is 18.8 Å². The molecule has 1 aromatic rings. The fourth-order valence-corrected chi connectivity index (χ4v) is 2.95. The highest BCUT2D eigenvalue weighted by Crippen LogP contribution is 2.44. The van der Waals surface area contributed by atoms with Crippen molar-refractivity contribution in [2.24, 2.45) is 11.8 Å². The molecule has 1 heterocycles. The number of hydrogen-bond donors (Lipinski definition) is 2. The van der Waals surface area contributed by atoms with Crippen LogP contribution in [0.5, 0.6) is 0 Å². The molecule has 0 spiro atoms. The van der Waals surface area contributed by atoms with E-state index in [9.17, 15) is 4.79 Å². The Balaban J connectivity index is 1.38. The van der Waals surface area contributed by atoms with Gasteiger partial charge in [0.1, 0.15) is 0 Å². The molecular weight excluding hydrogens is 264 g/mol. The van der Waals surface area contributed by atoms with Gasteiger partial charge in [0, 0.05) is 18.3 Å². The Labute approximate surface area is 126 Å². The maximum Gasteiger partial charge on any atom is 0.234 e. The average molecular weight is 290 g/mol. The van der Waals surface area contributed by atoms with Crippen molar-refractivity contribution in [3.05, 3.63) is 18.0 Å². The molecule has 0 bridgehead atoms. The summed E-state index contributed by atoms with van der Waals surface area (Å²) in [6, 6.07) is 0.679. The van der Waals surface area contributed by atoms with Crippen LogP contribution in [0.1, 0.15) is 38.2 Å². The quantitative estimate of drug-likeness (QED) is 0.762. The molecule has 0 radical (unpaired) electrons. The van der Waals surface area contributed by atoms with Crippen molar-refractivity contribution in [3.63, 3.8) is 0 Å². The Morgan fingerprint density at radius 1 is 1.38 bits per heavy atom. The van der Waals surface area contributed by atoms with Crippen LogP contribution >= 0.6 is 0 Å². The van der Waals surface area contributed by atoms with Gasteiger partial charge in [0.05, 0.1) is 19.3 Å². The Kier molecular flexibility index (Phi) is 4.29. The highest BCUT2D eigenvalue weighted by atomic mass is 16.2. The van der Waals surface area contributed by atoms with E-state index in [4.69, 9.17) is 0 Å². The summed E-state index contributed by atoms with van der Waals surface area (Å²) in [7, 11) is 0. The van der Waals surface area contributed by atoms with E-state index in [1.165, 1.54) is 25.7 Å². The van der Waals surface area contributed by atoms with Crippen LogP contribution in [0.4, 0.5) is 0 Å². The van der Waals surface area contributed by atoms with Gasteiger partial charge in [-0.05, 0) is 56.9 Å². The third-order valence-electron chi connectivity index (χ3n) is 4.42. The number of aryl methyl sites for hydroxylation is 1. The molecule has 2 N–H and O–H groups in total. The van der Waals surface area contributed by atoms with E-state index in [1.807, 2.05) is 24.0 Å². The van der Waals surface area contributed by atoms with Crippen LogP contribution < -0.4 is 10.6 Å². The smallest absolute Gasteiger partial charge is 0.234 e. The van der Waals surface area contributed by atoms with Crippen molar-refractivity contribution in [2.45, 2.75) is 58.2 Å². The number of hydrogen-bond acceptors (Lipinski definition) is 3. The average Bonchev–Trinajstić information content (AvgIpc) is 3.34. The summed E-state index contributed by atoms with van der Waals surface area (Å²) in [5, 5.41) is 10.8. The van der Waals surface area contributed by atoms with Gasteiger partial charge in [-0.1, -0.05) is 0 Å². The molecule has 0 aliphatic heterocycles. The monoisotopic (exact) mass is 290 g/mol. The molecule has 1 atom stereocenters. The lowest BCUT2D eigenvalue weighted by atomic mass is 10.1. The Bertz CT molecular complexity index is 478. The molecule has 2 aliphatic carbocycles. The molecule has 2 fully saturated rings. The molecule has 3 rings (SSSR count). The third-order valence-corrected chi connectivity index (χ3v) is 4.42. The minimum absolute atomic E-state index is 0.141. The van der Waals surface area contributed by atoms with Gasteiger partial charge < -0.3 is 10.6 Å². The predicted octanol–water partition coefficient (Wildman–Crippen LogP) is 1.47. The van der Waals surface area contributed by atoms with E-state index >= 15 is 0 Å². The molecule has 1 amide bonds. The van der Waals surface area contributed by atoms with Crippen LogP contribution in [0.25, 0.3) is 0 Å². The molecule has 0 unspecified atom stereocenters. The molecule has 2 saturated carbocycles. The van der Waals surface area contributed by atoms with E-state index in [-0.39, 0.29) is 11.9 Å².